The lowest BCUT2D eigenvalue weighted by molar-refractivity contribution is -0.115. The van der Waals surface area contributed by atoms with E-state index in [0.29, 0.717) is 22.2 Å². The first kappa shape index (κ1) is 24.5. The molecule has 0 aromatic heterocycles. The van der Waals surface area contributed by atoms with Crippen LogP contribution in [-0.4, -0.2) is 29.1 Å². The number of hydrogen-bond acceptors (Lipinski definition) is 4. The molecule has 0 saturated heterocycles. The third-order valence-corrected chi connectivity index (χ3v) is 5.40. The zero-order chi connectivity index (χ0) is 21.9. The topological polar surface area (TPSA) is 56.7 Å². The first-order valence-electron chi connectivity index (χ1n) is 9.90. The molecule has 5 nitrogen and oxygen atoms in total. The highest BCUT2D eigenvalue weighted by molar-refractivity contribution is 6.39. The van der Waals surface area contributed by atoms with E-state index in [-0.39, 0.29) is 17.8 Å². The quantitative estimate of drug-likeness (QED) is 0.190. The minimum absolute atomic E-state index is 0.177. The zero-order valence-corrected chi connectivity index (χ0v) is 19.3. The van der Waals surface area contributed by atoms with E-state index >= 15 is 0 Å². The maximum absolute atomic E-state index is 12.6. The number of carbonyl (C=O) groups is 1. The van der Waals surface area contributed by atoms with Gasteiger partial charge in [-0.2, -0.15) is 5.10 Å². The summed E-state index contributed by atoms with van der Waals surface area (Å²) in [4.78, 5) is 12.6. The maximum atomic E-state index is 12.6. The van der Waals surface area contributed by atoms with Gasteiger partial charge in [0.2, 0.25) is 0 Å². The van der Waals surface area contributed by atoms with Crippen LogP contribution in [0.3, 0.4) is 0 Å². The van der Waals surface area contributed by atoms with E-state index in [1.54, 1.807) is 17.2 Å². The van der Waals surface area contributed by atoms with Gasteiger partial charge in [-0.3, -0.25) is 15.2 Å². The lowest BCUT2D eigenvalue weighted by Gasteiger charge is -2.25. The van der Waals surface area contributed by atoms with E-state index in [4.69, 9.17) is 34.8 Å². The second-order valence-corrected chi connectivity index (χ2v) is 7.94. The standard InChI is InChI=1S/C22H27Cl3N4O/c1-3-5-6-13-26-27-22(30)20-14-21(16-7-9-18(25)10-8-16)29(28-20)19(15-23)12-11-17(24)4-2/h4,7-12,21,26H,2-3,5-6,13-15H2,1H3,(H,27,30)/b17-11+,19-12+. The van der Waals surface area contributed by atoms with Gasteiger partial charge in [-0.15, -0.1) is 11.6 Å². The Bertz CT molecular complexity index is 818. The van der Waals surface area contributed by atoms with Crippen molar-refractivity contribution in [2.45, 2.75) is 38.6 Å². The fraction of sp³-hybridized carbons (Fsp3) is 0.364. The summed E-state index contributed by atoms with van der Waals surface area (Å²) >= 11 is 18.3. The number of benzene rings is 1. The molecule has 1 heterocycles. The van der Waals surface area contributed by atoms with Crippen LogP contribution in [0.1, 0.15) is 44.2 Å². The number of hydrazine groups is 1. The number of hydrogen-bond donors (Lipinski definition) is 2. The second-order valence-electron chi connectivity index (χ2n) is 6.80. The predicted octanol–water partition coefficient (Wildman–Crippen LogP) is 5.69. The van der Waals surface area contributed by atoms with E-state index in [9.17, 15) is 4.79 Å². The van der Waals surface area contributed by atoms with Gasteiger partial charge in [0.15, 0.2) is 0 Å². The summed E-state index contributed by atoms with van der Waals surface area (Å²) in [5.74, 6) is -0.0446. The van der Waals surface area contributed by atoms with Crippen molar-refractivity contribution < 1.29 is 4.79 Å². The van der Waals surface area contributed by atoms with Crippen LogP contribution < -0.4 is 10.9 Å². The highest BCUT2D eigenvalue weighted by Crippen LogP contribution is 2.35. The average Bonchev–Trinajstić information content (AvgIpc) is 3.19. The predicted molar refractivity (Wildman–Crippen MR) is 127 cm³/mol. The Labute approximate surface area is 193 Å². The van der Waals surface area contributed by atoms with Crippen molar-refractivity contribution in [3.8, 4) is 0 Å². The monoisotopic (exact) mass is 468 g/mol. The first-order chi connectivity index (χ1) is 14.5. The summed E-state index contributed by atoms with van der Waals surface area (Å²) in [5, 5.41) is 7.47. The van der Waals surface area contributed by atoms with E-state index in [1.807, 2.05) is 24.3 Å². The highest BCUT2D eigenvalue weighted by Gasteiger charge is 2.33. The number of rotatable bonds is 11. The molecule has 1 unspecified atom stereocenters. The Balaban J connectivity index is 2.23. The van der Waals surface area contributed by atoms with E-state index in [1.165, 1.54) is 6.08 Å². The molecule has 0 fully saturated rings. The van der Waals surface area contributed by atoms with Gasteiger partial charge in [-0.05, 0) is 36.3 Å². The van der Waals surface area contributed by atoms with Crippen LogP contribution in [0.4, 0.5) is 0 Å². The average molecular weight is 470 g/mol. The van der Waals surface area contributed by atoms with Crippen LogP contribution in [0.25, 0.3) is 0 Å². The van der Waals surface area contributed by atoms with Crippen molar-refractivity contribution in [2.75, 3.05) is 12.4 Å². The van der Waals surface area contributed by atoms with Gasteiger partial charge < -0.3 is 0 Å². The molecule has 0 saturated carbocycles. The Hall–Kier alpha value is -1.79. The molecule has 1 aliphatic heterocycles. The number of amides is 1. The molecule has 2 rings (SSSR count). The number of alkyl halides is 1. The van der Waals surface area contributed by atoms with Crippen molar-refractivity contribution in [3.05, 3.63) is 70.4 Å². The maximum Gasteiger partial charge on any atom is 0.281 e. The van der Waals surface area contributed by atoms with Gasteiger partial charge in [0, 0.05) is 23.0 Å². The zero-order valence-electron chi connectivity index (χ0n) is 17.0. The molecule has 1 amide bonds. The summed E-state index contributed by atoms with van der Waals surface area (Å²) in [6.45, 7) is 6.49. The molecule has 1 aromatic rings. The minimum Gasteiger partial charge on any atom is -0.286 e. The lowest BCUT2D eigenvalue weighted by atomic mass is 10.0. The summed E-state index contributed by atoms with van der Waals surface area (Å²) in [7, 11) is 0. The highest BCUT2D eigenvalue weighted by atomic mass is 35.5. The number of unbranched alkanes of at least 4 members (excludes halogenated alkanes) is 2. The Morgan fingerprint density at radius 1 is 1.30 bits per heavy atom. The summed E-state index contributed by atoms with van der Waals surface area (Å²) in [6, 6.07) is 7.32. The van der Waals surface area contributed by atoms with Crippen LogP contribution in [0, 0.1) is 0 Å². The van der Waals surface area contributed by atoms with E-state index in [0.717, 1.165) is 37.1 Å². The smallest absolute Gasteiger partial charge is 0.281 e. The number of halogens is 3. The van der Waals surface area contributed by atoms with Crippen LogP contribution in [-0.2, 0) is 4.79 Å². The molecule has 8 heteroatoms. The Morgan fingerprint density at radius 3 is 2.67 bits per heavy atom. The fourth-order valence-corrected chi connectivity index (χ4v) is 3.36. The molecule has 162 valence electrons. The molecular weight excluding hydrogens is 443 g/mol. The number of nitrogens with zero attached hydrogens (tertiary/aromatic N) is 2. The largest absolute Gasteiger partial charge is 0.286 e. The fourth-order valence-electron chi connectivity index (χ4n) is 2.96. The molecular formula is C22H27Cl3N4O. The first-order valence-corrected chi connectivity index (χ1v) is 11.2. The van der Waals surface area contributed by atoms with Crippen molar-refractivity contribution >= 4 is 46.4 Å². The number of hydrazone groups is 1. The van der Waals surface area contributed by atoms with Crippen LogP contribution >= 0.6 is 34.8 Å². The second kappa shape index (κ2) is 12.8. The molecule has 0 bridgehead atoms. The Kier molecular flexibility index (Phi) is 10.4. The van der Waals surface area contributed by atoms with E-state index in [2.05, 4.69) is 29.5 Å². The van der Waals surface area contributed by atoms with E-state index < -0.39 is 0 Å². The van der Waals surface area contributed by atoms with Crippen molar-refractivity contribution in [1.82, 2.24) is 15.9 Å². The van der Waals surface area contributed by atoms with Gasteiger partial charge in [-0.1, -0.05) is 67.8 Å². The molecule has 0 spiro atoms. The molecule has 2 N–H and O–H groups in total. The number of nitrogens with one attached hydrogen (secondary N) is 2. The molecule has 0 aliphatic carbocycles. The van der Waals surface area contributed by atoms with Crippen molar-refractivity contribution in [1.29, 1.82) is 0 Å². The third-order valence-electron chi connectivity index (χ3n) is 4.60. The Morgan fingerprint density at radius 2 is 2.03 bits per heavy atom. The van der Waals surface area contributed by atoms with Crippen molar-refractivity contribution in [3.63, 3.8) is 0 Å². The van der Waals surface area contributed by atoms with Gasteiger partial charge in [0.05, 0.1) is 17.6 Å². The molecule has 1 aliphatic rings. The van der Waals surface area contributed by atoms with Gasteiger partial charge >= 0.3 is 0 Å². The summed E-state index contributed by atoms with van der Waals surface area (Å²) < 4.78 is 0. The summed E-state index contributed by atoms with van der Waals surface area (Å²) in [6.07, 6.45) is 8.70. The van der Waals surface area contributed by atoms with Crippen molar-refractivity contribution in [2.24, 2.45) is 5.10 Å². The minimum atomic E-state index is -0.249. The van der Waals surface area contributed by atoms with Gasteiger partial charge in [0.1, 0.15) is 5.71 Å². The lowest BCUT2D eigenvalue weighted by Crippen LogP contribution is -2.41. The van der Waals surface area contributed by atoms with Gasteiger partial charge in [-0.25, -0.2) is 5.43 Å². The van der Waals surface area contributed by atoms with Gasteiger partial charge in [0.25, 0.3) is 5.91 Å². The molecule has 30 heavy (non-hydrogen) atoms. The normalized spacial score (nSPS) is 17.1. The molecule has 0 radical (unpaired) electrons. The van der Waals surface area contributed by atoms with Crippen LogP contribution in [0.2, 0.25) is 5.02 Å². The van der Waals surface area contributed by atoms with Crippen LogP contribution in [0.15, 0.2) is 64.9 Å². The number of carbonyl (C=O) groups excluding carboxylic acids is 1. The molecule has 1 aromatic carbocycles. The third kappa shape index (κ3) is 7.17. The number of allylic oxidation sites excluding steroid dienone is 5. The molecule has 1 atom stereocenters. The SMILES string of the molecule is C=C/C(Cl)=C\C=C(/CCl)N1N=C(C(=O)NNCCCCC)CC1c1ccc(Cl)cc1. The summed E-state index contributed by atoms with van der Waals surface area (Å²) in [5.41, 5.74) is 7.83. The van der Waals surface area contributed by atoms with Crippen LogP contribution in [0.5, 0.6) is 0 Å².